The maximum Gasteiger partial charge on any atom is 0.352 e. The largest absolute Gasteiger partial charge is 0.477 e. The Labute approximate surface area is 226 Å². The van der Waals surface area contributed by atoms with Gasteiger partial charge in [0.05, 0.1) is 6.61 Å². The van der Waals surface area contributed by atoms with E-state index in [9.17, 15) is 29.4 Å². The molecule has 2 aromatic rings. The Bertz CT molecular complexity index is 1280. The number of esters is 1. The third kappa shape index (κ3) is 5.15. The fourth-order valence-corrected chi connectivity index (χ4v) is 6.67. The smallest absolute Gasteiger partial charge is 0.352 e. The number of aromatic amines is 1. The molecule has 38 heavy (non-hydrogen) atoms. The number of aliphatic hydroxyl groups is 1. The van der Waals surface area contributed by atoms with Crippen molar-refractivity contribution in [3.8, 4) is 0 Å². The summed E-state index contributed by atoms with van der Waals surface area (Å²) in [6.07, 6.45) is -1.45. The number of thioether (sulfide) groups is 2. The number of aromatic nitrogens is 3. The molecule has 4 N–H and O–H groups in total. The second-order valence-corrected chi connectivity index (χ2v) is 11.1. The molecular weight excluding hydrogens is 534 g/mol. The highest BCUT2D eigenvalue weighted by Gasteiger charge is 2.54. The standard InChI is InChI=1S/C24H27N5O7S2/c1-4-36-23(35)24(2,3)17-19(27-28-26-17)37-10-13-11-38-21-14(20(32)29(21)15(13)22(33)34)25-18(31)16(30)12-8-6-5-7-9-12/h5-9,14,16,21,30H,4,10-11H2,1-3H3,(H,25,31)(H,33,34)(H,26,27,28)/t14?,16-,21-/m1/s1. The summed E-state index contributed by atoms with van der Waals surface area (Å²) < 4.78 is 5.14. The molecule has 4 rings (SSSR count). The van der Waals surface area contributed by atoms with Gasteiger partial charge in [-0.05, 0) is 31.9 Å². The van der Waals surface area contributed by atoms with Gasteiger partial charge in [-0.25, -0.2) is 4.79 Å². The van der Waals surface area contributed by atoms with Gasteiger partial charge in [0.1, 0.15) is 33.2 Å². The van der Waals surface area contributed by atoms with Crippen molar-refractivity contribution in [3.63, 3.8) is 0 Å². The van der Waals surface area contributed by atoms with Gasteiger partial charge in [-0.15, -0.1) is 16.9 Å². The van der Waals surface area contributed by atoms with Crippen LogP contribution in [0.1, 0.15) is 38.1 Å². The highest BCUT2D eigenvalue weighted by atomic mass is 32.2. The van der Waals surface area contributed by atoms with E-state index in [1.807, 2.05) is 0 Å². The van der Waals surface area contributed by atoms with Gasteiger partial charge in [-0.3, -0.25) is 19.3 Å². The van der Waals surface area contributed by atoms with Gasteiger partial charge < -0.3 is 20.3 Å². The van der Waals surface area contributed by atoms with Gasteiger partial charge in [0, 0.05) is 11.5 Å². The summed E-state index contributed by atoms with van der Waals surface area (Å²) >= 11 is 2.52. The fourth-order valence-electron chi connectivity index (χ4n) is 4.11. The molecule has 0 saturated carbocycles. The normalized spacial score (nSPS) is 19.9. The lowest BCUT2D eigenvalue weighted by Crippen LogP contribution is -2.70. The molecule has 0 radical (unpaired) electrons. The lowest BCUT2D eigenvalue weighted by Gasteiger charge is -2.49. The van der Waals surface area contributed by atoms with Crippen LogP contribution in [0.25, 0.3) is 0 Å². The summed E-state index contributed by atoms with van der Waals surface area (Å²) in [5.74, 6) is -2.55. The Hall–Kier alpha value is -3.36. The van der Waals surface area contributed by atoms with E-state index < -0.39 is 46.7 Å². The molecule has 2 amide bonds. The van der Waals surface area contributed by atoms with Gasteiger partial charge in [-0.2, -0.15) is 10.3 Å². The number of nitrogens with zero attached hydrogens (tertiary/aromatic N) is 3. The summed E-state index contributed by atoms with van der Waals surface area (Å²) in [5.41, 5.74) is 0.0303. The van der Waals surface area contributed by atoms with Crippen molar-refractivity contribution < 1.29 is 34.1 Å². The number of carbonyl (C=O) groups excluding carboxylic acids is 3. The van der Waals surface area contributed by atoms with Crippen LogP contribution in [0, 0.1) is 0 Å². The molecule has 3 atom stereocenters. The van der Waals surface area contributed by atoms with Crippen LogP contribution in [0.3, 0.4) is 0 Å². The number of nitrogens with one attached hydrogen (secondary N) is 2. The number of rotatable bonds is 10. The van der Waals surface area contributed by atoms with Crippen molar-refractivity contribution in [1.29, 1.82) is 0 Å². The number of hydrogen-bond donors (Lipinski definition) is 4. The van der Waals surface area contributed by atoms with Crippen molar-refractivity contribution in [2.75, 3.05) is 18.1 Å². The quantitative estimate of drug-likeness (QED) is 0.186. The summed E-state index contributed by atoms with van der Waals surface area (Å²) in [7, 11) is 0. The van der Waals surface area contributed by atoms with E-state index in [2.05, 4.69) is 20.7 Å². The number of aliphatic hydroxyl groups excluding tert-OH is 1. The zero-order valence-corrected chi connectivity index (χ0v) is 22.5. The molecule has 1 aromatic carbocycles. The monoisotopic (exact) mass is 561 g/mol. The van der Waals surface area contributed by atoms with Crippen LogP contribution < -0.4 is 5.32 Å². The minimum Gasteiger partial charge on any atom is -0.477 e. The molecule has 12 nitrogen and oxygen atoms in total. The van der Waals surface area contributed by atoms with Gasteiger partial charge in [0.25, 0.3) is 11.8 Å². The molecule has 1 unspecified atom stereocenters. The molecule has 1 saturated heterocycles. The molecule has 1 fully saturated rings. The fraction of sp³-hybridized carbons (Fsp3) is 0.417. The summed E-state index contributed by atoms with van der Waals surface area (Å²) in [6.45, 7) is 5.25. The number of carboxylic acid groups (broad SMARTS) is 1. The third-order valence-electron chi connectivity index (χ3n) is 6.19. The number of β-lactam (4-membered cyclic amide) rings is 1. The van der Waals surface area contributed by atoms with Crippen molar-refractivity contribution in [3.05, 3.63) is 52.9 Å². The molecule has 14 heteroatoms. The minimum absolute atomic E-state index is 0.143. The second kappa shape index (κ2) is 11.2. The lowest BCUT2D eigenvalue weighted by atomic mass is 9.90. The molecular formula is C24H27N5O7S2. The van der Waals surface area contributed by atoms with Gasteiger partial charge in [-0.1, -0.05) is 42.1 Å². The lowest BCUT2D eigenvalue weighted by molar-refractivity contribution is -0.151. The van der Waals surface area contributed by atoms with E-state index in [1.165, 1.54) is 28.4 Å². The predicted molar refractivity (Wildman–Crippen MR) is 138 cm³/mol. The number of carbonyl (C=O) groups is 4. The van der Waals surface area contributed by atoms with E-state index in [0.717, 1.165) is 0 Å². The van der Waals surface area contributed by atoms with Gasteiger partial charge >= 0.3 is 11.9 Å². The Kier molecular flexibility index (Phi) is 8.13. The zero-order valence-electron chi connectivity index (χ0n) is 20.8. The van der Waals surface area contributed by atoms with E-state index >= 15 is 0 Å². The van der Waals surface area contributed by atoms with Crippen LogP contribution in [0.2, 0.25) is 0 Å². The van der Waals surface area contributed by atoms with Crippen molar-refractivity contribution in [2.24, 2.45) is 0 Å². The first-order chi connectivity index (χ1) is 18.1. The Morgan fingerprint density at radius 1 is 1.29 bits per heavy atom. The topological polar surface area (TPSA) is 175 Å². The van der Waals surface area contributed by atoms with Crippen LogP contribution in [0.4, 0.5) is 0 Å². The average molecular weight is 562 g/mol. The van der Waals surface area contributed by atoms with E-state index in [1.54, 1.807) is 51.1 Å². The maximum atomic E-state index is 12.9. The van der Waals surface area contributed by atoms with Crippen molar-refractivity contribution in [2.45, 2.75) is 48.7 Å². The molecule has 3 heterocycles. The molecule has 0 spiro atoms. The third-order valence-corrected chi connectivity index (χ3v) is 8.58. The first kappa shape index (κ1) is 27.7. The van der Waals surface area contributed by atoms with Crippen LogP contribution in [0.15, 0.2) is 46.6 Å². The number of aliphatic carboxylic acids is 1. The van der Waals surface area contributed by atoms with Crippen LogP contribution in [-0.4, -0.2) is 83.8 Å². The van der Waals surface area contributed by atoms with E-state index in [4.69, 9.17) is 4.74 Å². The first-order valence-corrected chi connectivity index (χ1v) is 13.8. The van der Waals surface area contributed by atoms with Gasteiger partial charge in [0.15, 0.2) is 6.10 Å². The van der Waals surface area contributed by atoms with Gasteiger partial charge in [0.2, 0.25) is 0 Å². The van der Waals surface area contributed by atoms with E-state index in [0.29, 0.717) is 27.6 Å². The Morgan fingerprint density at radius 3 is 2.66 bits per heavy atom. The van der Waals surface area contributed by atoms with E-state index in [-0.39, 0.29) is 18.1 Å². The summed E-state index contributed by atoms with van der Waals surface area (Å²) in [6, 6.07) is 7.35. The number of H-pyrrole nitrogens is 1. The zero-order chi connectivity index (χ0) is 27.6. The Morgan fingerprint density at radius 2 is 2.00 bits per heavy atom. The Balaban J connectivity index is 1.47. The summed E-state index contributed by atoms with van der Waals surface area (Å²) in [5, 5.41) is 33.4. The molecule has 2 aliphatic heterocycles. The second-order valence-electron chi connectivity index (χ2n) is 9.08. The number of amides is 2. The number of fused-ring (bicyclic) bond motifs is 1. The number of benzene rings is 1. The average Bonchev–Trinajstić information content (AvgIpc) is 3.39. The molecule has 0 bridgehead atoms. The number of hydrogen-bond acceptors (Lipinski definition) is 10. The molecule has 1 aromatic heterocycles. The highest BCUT2D eigenvalue weighted by Crippen LogP contribution is 2.42. The van der Waals surface area contributed by atoms with Crippen molar-refractivity contribution >= 4 is 47.3 Å². The summed E-state index contributed by atoms with van der Waals surface area (Å²) in [4.78, 5) is 51.3. The molecule has 202 valence electrons. The minimum atomic E-state index is -1.45. The first-order valence-electron chi connectivity index (χ1n) is 11.7. The SMILES string of the molecule is CCOC(=O)C(C)(C)c1n[nH]nc1SCC1=C(C(=O)O)N2C(=O)C(NC(=O)[C@H](O)c3ccccc3)[C@H]2SC1. The van der Waals surface area contributed by atoms with Crippen molar-refractivity contribution in [1.82, 2.24) is 25.6 Å². The highest BCUT2D eigenvalue weighted by molar-refractivity contribution is 8.01. The van der Waals surface area contributed by atoms with Crippen LogP contribution in [-0.2, 0) is 29.3 Å². The predicted octanol–water partition coefficient (Wildman–Crippen LogP) is 1.21. The molecule has 0 aliphatic carbocycles. The number of carboxylic acids is 1. The number of ether oxygens (including phenoxy) is 1. The maximum absolute atomic E-state index is 12.9. The van der Waals surface area contributed by atoms with Crippen LogP contribution in [0.5, 0.6) is 0 Å². The molecule has 2 aliphatic rings. The van der Waals surface area contributed by atoms with Crippen LogP contribution >= 0.6 is 23.5 Å².